The molecule has 3 fully saturated rings. The average Bonchev–Trinajstić information content (AvgIpc) is 3.31. The number of piperidine rings is 1. The lowest BCUT2D eigenvalue weighted by Gasteiger charge is -2.33. The lowest BCUT2D eigenvalue weighted by atomic mass is 9.85. The van der Waals surface area contributed by atoms with Gasteiger partial charge in [0.05, 0.1) is 24.2 Å². The molecule has 1 saturated carbocycles. The van der Waals surface area contributed by atoms with E-state index in [1.165, 1.54) is 9.13 Å². The summed E-state index contributed by atoms with van der Waals surface area (Å²) in [4.78, 5) is 36.6. The molecule has 1 aliphatic carbocycles. The first-order chi connectivity index (χ1) is 15.0. The third kappa shape index (κ3) is 3.58. The van der Waals surface area contributed by atoms with Gasteiger partial charge in [-0.15, -0.1) is 0 Å². The Bertz CT molecular complexity index is 1170. The molecular formula is C23H25N3O5. The van der Waals surface area contributed by atoms with Crippen LogP contribution < -0.4 is 11.0 Å². The Kier molecular flexibility index (Phi) is 4.95. The summed E-state index contributed by atoms with van der Waals surface area (Å²) in [5.41, 5.74) is 1.94. The van der Waals surface area contributed by atoms with E-state index < -0.39 is 11.9 Å². The molecule has 0 bridgehead atoms. The molecule has 3 aliphatic rings. The monoisotopic (exact) mass is 423 g/mol. The summed E-state index contributed by atoms with van der Waals surface area (Å²) in [6, 6.07) is 4.92. The molecule has 1 unspecified atom stereocenters. The van der Waals surface area contributed by atoms with Crippen LogP contribution in [0.2, 0.25) is 0 Å². The topological polar surface area (TPSA) is 91.6 Å². The number of imidazole rings is 1. The van der Waals surface area contributed by atoms with E-state index in [0.29, 0.717) is 31.1 Å². The number of carbonyl (C=O) groups excluding carboxylic acids is 2. The van der Waals surface area contributed by atoms with Crippen molar-refractivity contribution >= 4 is 22.8 Å². The Morgan fingerprint density at radius 2 is 1.81 bits per heavy atom. The van der Waals surface area contributed by atoms with Crippen LogP contribution in [0.1, 0.15) is 50.1 Å². The molecule has 0 radical (unpaired) electrons. The van der Waals surface area contributed by atoms with Crippen LogP contribution in [-0.2, 0) is 26.1 Å². The lowest BCUT2D eigenvalue weighted by Crippen LogP contribution is -2.44. The Balaban J connectivity index is 1.39. The number of ether oxygens (including phenoxy) is 2. The first-order valence-corrected chi connectivity index (χ1v) is 10.8. The standard InChI is InChI=1S/C23H25N3O5/c1-25-19-14-16(3-2-15-8-10-23(11-9-15)30-12-13-31-23)4-5-17(19)26(22(25)29)18-6-7-20(27)24-21(18)28/h4-5,14-15,18H,6-13H2,1H3,(H,24,27,28). The highest BCUT2D eigenvalue weighted by Crippen LogP contribution is 2.38. The number of amides is 2. The van der Waals surface area contributed by atoms with Crippen molar-refractivity contribution in [2.45, 2.75) is 50.4 Å². The molecule has 2 aromatic rings. The van der Waals surface area contributed by atoms with Gasteiger partial charge < -0.3 is 9.47 Å². The third-order valence-corrected chi connectivity index (χ3v) is 6.59. The van der Waals surface area contributed by atoms with E-state index in [-0.39, 0.29) is 23.8 Å². The van der Waals surface area contributed by atoms with Gasteiger partial charge in [0, 0.05) is 37.8 Å². The molecule has 1 aromatic heterocycles. The van der Waals surface area contributed by atoms with E-state index in [1.54, 1.807) is 7.05 Å². The van der Waals surface area contributed by atoms with Gasteiger partial charge in [0.1, 0.15) is 6.04 Å². The smallest absolute Gasteiger partial charge is 0.329 e. The highest BCUT2D eigenvalue weighted by Gasteiger charge is 2.39. The Hall–Kier alpha value is -2.89. The molecule has 1 N–H and O–H groups in total. The molecule has 31 heavy (non-hydrogen) atoms. The maximum atomic E-state index is 12.9. The summed E-state index contributed by atoms with van der Waals surface area (Å²) >= 11 is 0. The maximum absolute atomic E-state index is 12.9. The van der Waals surface area contributed by atoms with Crippen molar-refractivity contribution in [1.29, 1.82) is 0 Å². The fourth-order valence-corrected chi connectivity index (χ4v) is 4.84. The highest BCUT2D eigenvalue weighted by atomic mass is 16.7. The number of hydrogen-bond acceptors (Lipinski definition) is 5. The zero-order valence-electron chi connectivity index (χ0n) is 17.5. The van der Waals surface area contributed by atoms with E-state index in [0.717, 1.165) is 36.8 Å². The van der Waals surface area contributed by atoms with Crippen molar-refractivity contribution < 1.29 is 19.1 Å². The fourth-order valence-electron chi connectivity index (χ4n) is 4.84. The van der Waals surface area contributed by atoms with E-state index in [9.17, 15) is 14.4 Å². The quantitative estimate of drug-likeness (QED) is 0.556. The van der Waals surface area contributed by atoms with Crippen molar-refractivity contribution in [3.05, 3.63) is 34.2 Å². The van der Waals surface area contributed by atoms with Crippen LogP contribution in [0.5, 0.6) is 0 Å². The van der Waals surface area contributed by atoms with E-state index in [2.05, 4.69) is 17.2 Å². The number of imide groups is 1. The molecule has 162 valence electrons. The Morgan fingerprint density at radius 3 is 2.52 bits per heavy atom. The summed E-state index contributed by atoms with van der Waals surface area (Å²) in [7, 11) is 1.69. The first kappa shape index (κ1) is 20.0. The van der Waals surface area contributed by atoms with Gasteiger partial charge in [-0.25, -0.2) is 4.79 Å². The van der Waals surface area contributed by atoms with Crippen molar-refractivity contribution in [3.63, 3.8) is 0 Å². The molecule has 1 atom stereocenters. The normalized spacial score (nSPS) is 23.7. The number of rotatable bonds is 1. The molecular weight excluding hydrogens is 398 g/mol. The first-order valence-electron chi connectivity index (χ1n) is 10.8. The van der Waals surface area contributed by atoms with Crippen LogP contribution in [0, 0.1) is 17.8 Å². The molecule has 3 heterocycles. The van der Waals surface area contributed by atoms with Crippen LogP contribution in [-0.4, -0.2) is 39.9 Å². The average molecular weight is 423 g/mol. The highest BCUT2D eigenvalue weighted by molar-refractivity contribution is 6.00. The van der Waals surface area contributed by atoms with Gasteiger partial charge in [0.25, 0.3) is 0 Å². The second-order valence-corrected chi connectivity index (χ2v) is 8.53. The molecule has 2 aliphatic heterocycles. The Morgan fingerprint density at radius 1 is 1.06 bits per heavy atom. The summed E-state index contributed by atoms with van der Waals surface area (Å²) in [5.74, 6) is 5.81. The number of nitrogens with zero attached hydrogens (tertiary/aromatic N) is 2. The van der Waals surface area contributed by atoms with Gasteiger partial charge >= 0.3 is 5.69 Å². The summed E-state index contributed by atoms with van der Waals surface area (Å²) in [6.07, 6.45) is 4.17. The van der Waals surface area contributed by atoms with Gasteiger partial charge in [-0.1, -0.05) is 11.8 Å². The predicted octanol–water partition coefficient (Wildman–Crippen LogP) is 1.60. The minimum atomic E-state index is -0.680. The van der Waals surface area contributed by atoms with Crippen LogP contribution in [0.15, 0.2) is 23.0 Å². The van der Waals surface area contributed by atoms with Crippen LogP contribution in [0.25, 0.3) is 11.0 Å². The largest absolute Gasteiger partial charge is 0.348 e. The van der Waals surface area contributed by atoms with Crippen molar-refractivity contribution in [2.75, 3.05) is 13.2 Å². The fraction of sp³-hybridized carbons (Fsp3) is 0.522. The van der Waals surface area contributed by atoms with Crippen molar-refractivity contribution in [2.24, 2.45) is 13.0 Å². The van der Waals surface area contributed by atoms with Gasteiger partial charge in [0.15, 0.2) is 5.79 Å². The molecule has 5 rings (SSSR count). The predicted molar refractivity (Wildman–Crippen MR) is 112 cm³/mol. The SMILES string of the molecule is Cn1c(=O)n(C2CCC(=O)NC2=O)c2ccc(C#CC3CCC4(CC3)OCCO4)cc21. The van der Waals surface area contributed by atoms with Crippen LogP contribution >= 0.6 is 0 Å². The lowest BCUT2D eigenvalue weighted by molar-refractivity contribution is -0.180. The van der Waals surface area contributed by atoms with Gasteiger partial charge in [-0.05, 0) is 37.5 Å². The molecule has 8 heteroatoms. The number of fused-ring (bicyclic) bond motifs is 1. The second kappa shape index (κ2) is 7.66. The Labute approximate surface area is 179 Å². The summed E-state index contributed by atoms with van der Waals surface area (Å²) < 4.78 is 14.6. The number of aromatic nitrogens is 2. The summed E-state index contributed by atoms with van der Waals surface area (Å²) in [5, 5.41) is 2.33. The van der Waals surface area contributed by atoms with E-state index >= 15 is 0 Å². The van der Waals surface area contributed by atoms with Gasteiger partial charge in [-0.3, -0.25) is 24.0 Å². The van der Waals surface area contributed by atoms with Crippen LogP contribution in [0.4, 0.5) is 0 Å². The van der Waals surface area contributed by atoms with Crippen molar-refractivity contribution in [1.82, 2.24) is 14.5 Å². The minimum Gasteiger partial charge on any atom is -0.348 e. The second-order valence-electron chi connectivity index (χ2n) is 8.53. The zero-order chi connectivity index (χ0) is 21.6. The minimum absolute atomic E-state index is 0.224. The number of nitrogens with one attached hydrogen (secondary N) is 1. The van der Waals surface area contributed by atoms with Crippen LogP contribution in [0.3, 0.4) is 0 Å². The molecule has 8 nitrogen and oxygen atoms in total. The number of carbonyl (C=O) groups is 2. The zero-order valence-corrected chi connectivity index (χ0v) is 17.5. The van der Waals surface area contributed by atoms with E-state index in [4.69, 9.17) is 9.47 Å². The third-order valence-electron chi connectivity index (χ3n) is 6.59. The molecule has 2 saturated heterocycles. The van der Waals surface area contributed by atoms with E-state index in [1.807, 2.05) is 18.2 Å². The van der Waals surface area contributed by atoms with Crippen molar-refractivity contribution in [3.8, 4) is 11.8 Å². The maximum Gasteiger partial charge on any atom is 0.329 e. The summed E-state index contributed by atoms with van der Waals surface area (Å²) in [6.45, 7) is 1.35. The molecule has 1 spiro atoms. The number of hydrogen-bond donors (Lipinski definition) is 1. The molecule has 2 amide bonds. The molecule has 1 aromatic carbocycles. The number of benzene rings is 1. The number of aryl methyl sites for hydroxylation is 1. The van der Waals surface area contributed by atoms with Gasteiger partial charge in [0.2, 0.25) is 11.8 Å². The van der Waals surface area contributed by atoms with Gasteiger partial charge in [-0.2, -0.15) is 0 Å².